The molecule has 2 amide bonds. The first-order chi connectivity index (χ1) is 15.4. The zero-order valence-corrected chi connectivity index (χ0v) is 17.7. The normalized spacial score (nSPS) is 12.2. The maximum absolute atomic E-state index is 12.8. The Morgan fingerprint density at radius 2 is 1.44 bits per heavy atom. The third kappa shape index (κ3) is 8.47. The summed E-state index contributed by atoms with van der Waals surface area (Å²) in [6, 6.07) is 15.3. The number of amides is 2. The number of carboxylic acid groups (broad SMARTS) is 1. The highest BCUT2D eigenvalue weighted by atomic mass is 16.5. The molecule has 0 spiro atoms. The van der Waals surface area contributed by atoms with E-state index in [1.807, 2.05) is 6.07 Å². The van der Waals surface area contributed by atoms with Crippen molar-refractivity contribution < 1.29 is 33.8 Å². The van der Waals surface area contributed by atoms with Crippen LogP contribution in [0.5, 0.6) is 0 Å². The van der Waals surface area contributed by atoms with Gasteiger partial charge in [-0.25, -0.2) is 9.59 Å². The number of carboxylic acids is 1. The van der Waals surface area contributed by atoms with Gasteiger partial charge >= 0.3 is 18.0 Å². The first-order valence-electron chi connectivity index (χ1n) is 10.1. The van der Waals surface area contributed by atoms with Gasteiger partial charge < -0.3 is 25.2 Å². The van der Waals surface area contributed by atoms with Crippen LogP contribution in [-0.2, 0) is 36.9 Å². The van der Waals surface area contributed by atoms with Gasteiger partial charge in [0.2, 0.25) is 5.91 Å². The minimum atomic E-state index is -1.50. The van der Waals surface area contributed by atoms with Crippen LogP contribution in [0.2, 0.25) is 0 Å². The van der Waals surface area contributed by atoms with E-state index in [1.165, 1.54) is 0 Å². The fourth-order valence-corrected chi connectivity index (χ4v) is 2.83. The molecule has 32 heavy (non-hydrogen) atoms. The Balaban J connectivity index is 2.06. The maximum atomic E-state index is 12.8. The Morgan fingerprint density at radius 3 is 2.00 bits per heavy atom. The molecule has 0 saturated carbocycles. The molecule has 2 rings (SSSR count). The molecular weight excluding hydrogens is 416 g/mol. The van der Waals surface area contributed by atoms with Crippen molar-refractivity contribution in [3.05, 3.63) is 71.8 Å². The highest BCUT2D eigenvalue weighted by Gasteiger charge is 2.29. The quantitative estimate of drug-likeness (QED) is 0.454. The zero-order chi connectivity index (χ0) is 23.3. The lowest BCUT2D eigenvalue weighted by atomic mass is 10.0. The summed E-state index contributed by atoms with van der Waals surface area (Å²) in [6.07, 6.45) is -1.27. The molecule has 2 atom stereocenters. The Hall–Kier alpha value is -3.88. The molecule has 0 bridgehead atoms. The monoisotopic (exact) mass is 442 g/mol. The Morgan fingerprint density at radius 1 is 0.844 bits per heavy atom. The smallest absolute Gasteiger partial charge is 0.408 e. The summed E-state index contributed by atoms with van der Waals surface area (Å²) in [5, 5.41) is 14.1. The molecule has 2 aromatic rings. The molecule has 3 N–H and O–H groups in total. The van der Waals surface area contributed by atoms with E-state index < -0.39 is 42.4 Å². The summed E-state index contributed by atoms with van der Waals surface area (Å²) < 4.78 is 9.93. The van der Waals surface area contributed by atoms with Gasteiger partial charge in [0.05, 0.1) is 13.0 Å². The van der Waals surface area contributed by atoms with Crippen LogP contribution in [0.3, 0.4) is 0 Å². The van der Waals surface area contributed by atoms with Gasteiger partial charge in [-0.1, -0.05) is 60.7 Å². The van der Waals surface area contributed by atoms with E-state index in [0.29, 0.717) is 0 Å². The van der Waals surface area contributed by atoms with Crippen molar-refractivity contribution in [1.29, 1.82) is 0 Å². The van der Waals surface area contributed by atoms with Crippen molar-refractivity contribution in [3.8, 4) is 0 Å². The van der Waals surface area contributed by atoms with Crippen LogP contribution >= 0.6 is 0 Å². The number of nitrogens with one attached hydrogen (secondary N) is 2. The fourth-order valence-electron chi connectivity index (χ4n) is 2.83. The molecule has 0 unspecified atom stereocenters. The van der Waals surface area contributed by atoms with Crippen LogP contribution in [0.1, 0.15) is 24.5 Å². The molecule has 0 heterocycles. The first-order valence-corrected chi connectivity index (χ1v) is 10.1. The lowest BCUT2D eigenvalue weighted by Gasteiger charge is -2.21. The van der Waals surface area contributed by atoms with Gasteiger partial charge in [-0.15, -0.1) is 0 Å². The molecule has 0 aliphatic rings. The van der Waals surface area contributed by atoms with Gasteiger partial charge in [-0.3, -0.25) is 9.59 Å². The molecule has 9 nitrogen and oxygen atoms in total. The summed E-state index contributed by atoms with van der Waals surface area (Å²) in [7, 11) is 0. The lowest BCUT2D eigenvalue weighted by Crippen LogP contribution is -2.53. The van der Waals surface area contributed by atoms with Crippen molar-refractivity contribution in [2.24, 2.45) is 0 Å². The Bertz CT molecular complexity index is 903. The number of esters is 1. The third-order valence-corrected chi connectivity index (χ3v) is 4.39. The van der Waals surface area contributed by atoms with Gasteiger partial charge in [0.25, 0.3) is 0 Å². The maximum Gasteiger partial charge on any atom is 0.408 e. The zero-order valence-electron chi connectivity index (χ0n) is 17.7. The average molecular weight is 442 g/mol. The van der Waals surface area contributed by atoms with E-state index in [4.69, 9.17) is 9.47 Å². The largest absolute Gasteiger partial charge is 0.480 e. The third-order valence-electron chi connectivity index (χ3n) is 4.39. The second-order valence-corrected chi connectivity index (χ2v) is 6.86. The summed E-state index contributed by atoms with van der Waals surface area (Å²) in [4.78, 5) is 48.3. The number of benzene rings is 2. The number of hydrogen-bond donors (Lipinski definition) is 3. The SMILES string of the molecule is CCOC(=O)C[C@@H](NC(=O)[C@H](Cc1ccccc1)NC(=O)OCc1ccccc1)C(=O)O. The van der Waals surface area contributed by atoms with Crippen molar-refractivity contribution in [2.75, 3.05) is 6.61 Å². The number of carbonyl (C=O) groups excluding carboxylic acids is 3. The van der Waals surface area contributed by atoms with Gasteiger partial charge in [0, 0.05) is 6.42 Å². The van der Waals surface area contributed by atoms with E-state index in [0.717, 1.165) is 11.1 Å². The van der Waals surface area contributed by atoms with Gasteiger partial charge in [-0.2, -0.15) is 0 Å². The second-order valence-electron chi connectivity index (χ2n) is 6.86. The molecule has 170 valence electrons. The molecular formula is C23H26N2O7. The van der Waals surface area contributed by atoms with Crippen molar-refractivity contribution >= 4 is 23.9 Å². The number of rotatable bonds is 11. The number of alkyl carbamates (subject to hydrolysis) is 1. The number of carbonyl (C=O) groups is 4. The van der Waals surface area contributed by atoms with Crippen LogP contribution in [0.15, 0.2) is 60.7 Å². The topological polar surface area (TPSA) is 131 Å². The minimum Gasteiger partial charge on any atom is -0.480 e. The van der Waals surface area contributed by atoms with Crippen molar-refractivity contribution in [1.82, 2.24) is 10.6 Å². The average Bonchev–Trinajstić information content (AvgIpc) is 2.78. The predicted octanol–water partition coefficient (Wildman–Crippen LogP) is 2.05. The minimum absolute atomic E-state index is 0.00690. The summed E-state index contributed by atoms with van der Waals surface area (Å²) in [5.41, 5.74) is 1.51. The van der Waals surface area contributed by atoms with Gasteiger partial charge in [0.15, 0.2) is 0 Å². The number of hydrogen-bond acceptors (Lipinski definition) is 6. The van der Waals surface area contributed by atoms with E-state index >= 15 is 0 Å². The molecule has 0 aliphatic heterocycles. The van der Waals surface area contributed by atoms with Gasteiger partial charge in [-0.05, 0) is 18.1 Å². The van der Waals surface area contributed by atoms with E-state index in [2.05, 4.69) is 10.6 Å². The van der Waals surface area contributed by atoms with Gasteiger partial charge in [0.1, 0.15) is 18.7 Å². The standard InChI is InChI=1S/C23H26N2O7/c1-2-31-20(26)14-19(22(28)29)24-21(27)18(13-16-9-5-3-6-10-16)25-23(30)32-15-17-11-7-4-8-12-17/h3-12,18-19H,2,13-15H2,1H3,(H,24,27)(H,25,30)(H,28,29)/t18-,19+/m0/s1. The van der Waals surface area contributed by atoms with E-state index in [9.17, 15) is 24.3 Å². The molecule has 9 heteroatoms. The molecule has 0 saturated heterocycles. The predicted molar refractivity (Wildman–Crippen MR) is 115 cm³/mol. The highest BCUT2D eigenvalue weighted by Crippen LogP contribution is 2.07. The molecule has 0 aliphatic carbocycles. The molecule has 0 radical (unpaired) electrons. The van der Waals surface area contributed by atoms with Crippen molar-refractivity contribution in [3.63, 3.8) is 0 Å². The number of aliphatic carboxylic acids is 1. The number of ether oxygens (including phenoxy) is 2. The molecule has 0 aromatic heterocycles. The second kappa shape index (κ2) is 12.7. The fraction of sp³-hybridized carbons (Fsp3) is 0.304. The highest BCUT2D eigenvalue weighted by molar-refractivity contribution is 5.91. The Kier molecular flexibility index (Phi) is 9.70. The van der Waals surface area contributed by atoms with Crippen LogP contribution in [-0.4, -0.2) is 47.7 Å². The summed E-state index contributed by atoms with van der Waals surface area (Å²) in [6.45, 7) is 1.69. The summed E-state index contributed by atoms with van der Waals surface area (Å²) >= 11 is 0. The summed E-state index contributed by atoms with van der Waals surface area (Å²) in [5.74, 6) is -2.91. The molecule has 2 aromatic carbocycles. The van der Waals surface area contributed by atoms with Crippen LogP contribution in [0.4, 0.5) is 4.79 Å². The van der Waals surface area contributed by atoms with Crippen molar-refractivity contribution in [2.45, 2.75) is 38.5 Å². The van der Waals surface area contributed by atoms with E-state index in [-0.39, 0.29) is 19.6 Å². The van der Waals surface area contributed by atoms with Crippen LogP contribution < -0.4 is 10.6 Å². The Labute approximate surface area is 185 Å². The van der Waals surface area contributed by atoms with E-state index in [1.54, 1.807) is 61.5 Å². The molecule has 0 fully saturated rings. The first kappa shape index (κ1) is 24.4. The van der Waals surface area contributed by atoms with Crippen LogP contribution in [0.25, 0.3) is 0 Å². The lowest BCUT2D eigenvalue weighted by molar-refractivity contribution is -0.150. The van der Waals surface area contributed by atoms with Crippen LogP contribution in [0, 0.1) is 0 Å².